The summed E-state index contributed by atoms with van der Waals surface area (Å²) >= 11 is 0. The molecule has 6 nitrogen and oxygen atoms in total. The highest BCUT2D eigenvalue weighted by Crippen LogP contribution is 2.22. The van der Waals surface area contributed by atoms with Gasteiger partial charge >= 0.3 is 12.6 Å². The van der Waals surface area contributed by atoms with Crippen molar-refractivity contribution in [1.29, 1.82) is 0 Å². The van der Waals surface area contributed by atoms with Crippen LogP contribution >= 0.6 is 0 Å². The van der Waals surface area contributed by atoms with Crippen molar-refractivity contribution in [3.05, 3.63) is 71.8 Å². The van der Waals surface area contributed by atoms with Gasteiger partial charge in [0, 0.05) is 24.7 Å². The number of rotatable bonds is 7. The lowest BCUT2D eigenvalue weighted by atomic mass is 10.1. The molecule has 1 atom stereocenters. The second-order valence-electron chi connectivity index (χ2n) is 6.45. The van der Waals surface area contributed by atoms with Crippen LogP contribution in [0, 0.1) is 0 Å². The Morgan fingerprint density at radius 3 is 2.30 bits per heavy atom. The van der Waals surface area contributed by atoms with Gasteiger partial charge in [0.2, 0.25) is 6.10 Å². The average molecular weight is 417 g/mol. The van der Waals surface area contributed by atoms with Crippen LogP contribution in [0.4, 0.5) is 8.78 Å². The highest BCUT2D eigenvalue weighted by Gasteiger charge is 2.29. The Bertz CT molecular complexity index is 865. The SMILES string of the molecule is O=C(/C=C/c1ccc(OC(F)F)cc1)O[C@@H](C(=O)N1CCOCC1)c1ccccc1. The highest BCUT2D eigenvalue weighted by molar-refractivity contribution is 5.91. The lowest BCUT2D eigenvalue weighted by Gasteiger charge is -2.30. The molecule has 0 aromatic heterocycles. The van der Waals surface area contributed by atoms with E-state index in [1.807, 2.05) is 6.07 Å². The molecule has 2 aromatic carbocycles. The third-order valence-electron chi connectivity index (χ3n) is 4.40. The molecule has 2 aromatic rings. The molecule has 1 amide bonds. The molecule has 1 fully saturated rings. The smallest absolute Gasteiger partial charge is 0.387 e. The number of carbonyl (C=O) groups excluding carboxylic acids is 2. The molecule has 0 aliphatic carbocycles. The third kappa shape index (κ3) is 6.12. The molecule has 1 heterocycles. The number of nitrogens with zero attached hydrogens (tertiary/aromatic N) is 1. The molecule has 0 N–H and O–H groups in total. The summed E-state index contributed by atoms with van der Waals surface area (Å²) in [6, 6.07) is 14.6. The number of hydrogen-bond donors (Lipinski definition) is 0. The number of amides is 1. The summed E-state index contributed by atoms with van der Waals surface area (Å²) in [4.78, 5) is 26.9. The Kier molecular flexibility index (Phi) is 7.51. The topological polar surface area (TPSA) is 65.1 Å². The van der Waals surface area contributed by atoms with Crippen molar-refractivity contribution in [3.63, 3.8) is 0 Å². The van der Waals surface area contributed by atoms with Crippen molar-refractivity contribution in [2.24, 2.45) is 0 Å². The molecule has 0 spiro atoms. The number of halogens is 2. The van der Waals surface area contributed by atoms with Crippen LogP contribution in [0.5, 0.6) is 5.75 Å². The molecule has 0 radical (unpaired) electrons. The first-order chi connectivity index (χ1) is 14.5. The van der Waals surface area contributed by atoms with Crippen molar-refractivity contribution in [2.45, 2.75) is 12.7 Å². The molecule has 1 aliphatic rings. The van der Waals surface area contributed by atoms with Crippen LogP contribution in [0.1, 0.15) is 17.2 Å². The van der Waals surface area contributed by atoms with Crippen LogP contribution in [-0.2, 0) is 19.1 Å². The quantitative estimate of drug-likeness (QED) is 0.510. The summed E-state index contributed by atoms with van der Waals surface area (Å²) in [7, 11) is 0. The summed E-state index contributed by atoms with van der Waals surface area (Å²) in [6.07, 6.45) is 1.59. The van der Waals surface area contributed by atoms with E-state index in [0.29, 0.717) is 37.4 Å². The van der Waals surface area contributed by atoms with Crippen molar-refractivity contribution < 1.29 is 32.6 Å². The van der Waals surface area contributed by atoms with E-state index in [1.54, 1.807) is 29.2 Å². The summed E-state index contributed by atoms with van der Waals surface area (Å²) in [5.74, 6) is -0.983. The molecule has 1 saturated heterocycles. The fourth-order valence-electron chi connectivity index (χ4n) is 2.92. The molecule has 8 heteroatoms. The van der Waals surface area contributed by atoms with E-state index >= 15 is 0 Å². The zero-order valence-corrected chi connectivity index (χ0v) is 16.1. The van der Waals surface area contributed by atoms with E-state index in [1.165, 1.54) is 36.4 Å². The molecule has 1 aliphatic heterocycles. The van der Waals surface area contributed by atoms with Crippen LogP contribution in [0.3, 0.4) is 0 Å². The van der Waals surface area contributed by atoms with Gasteiger partial charge in [-0.05, 0) is 23.8 Å². The fourth-order valence-corrected chi connectivity index (χ4v) is 2.92. The second kappa shape index (κ2) is 10.5. The molecular formula is C22H21F2NO5. The first-order valence-corrected chi connectivity index (χ1v) is 9.38. The number of carbonyl (C=O) groups is 2. The average Bonchev–Trinajstić information content (AvgIpc) is 2.77. The van der Waals surface area contributed by atoms with Gasteiger partial charge in [-0.25, -0.2) is 4.79 Å². The van der Waals surface area contributed by atoms with Crippen molar-refractivity contribution in [2.75, 3.05) is 26.3 Å². The standard InChI is InChI=1S/C22H21F2NO5/c23-22(24)29-18-9-6-16(7-10-18)8-11-19(26)30-20(17-4-2-1-3-5-17)21(27)25-12-14-28-15-13-25/h1-11,20,22H,12-15H2/b11-8+/t20-/m1/s1. The predicted molar refractivity (Wildman–Crippen MR) is 105 cm³/mol. The van der Waals surface area contributed by atoms with Crippen molar-refractivity contribution >= 4 is 18.0 Å². The van der Waals surface area contributed by atoms with Gasteiger partial charge in [0.05, 0.1) is 13.2 Å². The molecule has 0 unspecified atom stereocenters. The lowest BCUT2D eigenvalue weighted by molar-refractivity contribution is -0.159. The monoisotopic (exact) mass is 417 g/mol. The number of ether oxygens (including phenoxy) is 3. The number of esters is 1. The Balaban J connectivity index is 1.68. The van der Waals surface area contributed by atoms with E-state index in [-0.39, 0.29) is 11.7 Å². The summed E-state index contributed by atoms with van der Waals surface area (Å²) in [5, 5.41) is 0. The maximum Gasteiger partial charge on any atom is 0.387 e. The van der Waals surface area contributed by atoms with E-state index in [0.717, 1.165) is 0 Å². The van der Waals surface area contributed by atoms with Gasteiger partial charge in [-0.2, -0.15) is 8.78 Å². The van der Waals surface area contributed by atoms with Gasteiger partial charge in [0.25, 0.3) is 5.91 Å². The Morgan fingerprint density at radius 1 is 1.00 bits per heavy atom. The van der Waals surface area contributed by atoms with Gasteiger partial charge < -0.3 is 19.1 Å². The number of benzene rings is 2. The largest absolute Gasteiger partial charge is 0.444 e. The van der Waals surface area contributed by atoms with Gasteiger partial charge in [-0.1, -0.05) is 42.5 Å². The Hall–Kier alpha value is -3.26. The zero-order chi connectivity index (χ0) is 21.3. The van der Waals surface area contributed by atoms with Gasteiger partial charge in [-0.3, -0.25) is 4.79 Å². The van der Waals surface area contributed by atoms with Gasteiger partial charge in [0.1, 0.15) is 5.75 Å². The fraction of sp³-hybridized carbons (Fsp3) is 0.273. The summed E-state index contributed by atoms with van der Waals surface area (Å²) in [5.41, 5.74) is 1.16. The lowest BCUT2D eigenvalue weighted by Crippen LogP contribution is -2.44. The van der Waals surface area contributed by atoms with Gasteiger partial charge in [0.15, 0.2) is 0 Å². The molecular weight excluding hydrogens is 396 g/mol. The number of hydrogen-bond acceptors (Lipinski definition) is 5. The Labute approximate surface area is 172 Å². The van der Waals surface area contributed by atoms with Crippen LogP contribution in [0.2, 0.25) is 0 Å². The van der Waals surface area contributed by atoms with Crippen LogP contribution < -0.4 is 4.74 Å². The molecule has 0 bridgehead atoms. The summed E-state index contributed by atoms with van der Waals surface area (Å²) in [6.45, 7) is -1.16. The molecule has 30 heavy (non-hydrogen) atoms. The summed E-state index contributed by atoms with van der Waals surface area (Å²) < 4.78 is 39.4. The van der Waals surface area contributed by atoms with Gasteiger partial charge in [-0.15, -0.1) is 0 Å². The first kappa shape index (κ1) is 21.4. The normalized spacial score (nSPS) is 15.2. The Morgan fingerprint density at radius 2 is 1.67 bits per heavy atom. The zero-order valence-electron chi connectivity index (χ0n) is 16.1. The minimum absolute atomic E-state index is 0.0185. The minimum Gasteiger partial charge on any atom is -0.444 e. The van der Waals surface area contributed by atoms with Crippen LogP contribution in [0.25, 0.3) is 6.08 Å². The second-order valence-corrected chi connectivity index (χ2v) is 6.45. The maximum atomic E-state index is 12.9. The van der Waals surface area contributed by atoms with E-state index in [2.05, 4.69) is 4.74 Å². The molecule has 3 rings (SSSR count). The number of morpholine rings is 1. The third-order valence-corrected chi connectivity index (χ3v) is 4.40. The molecule has 158 valence electrons. The van der Waals surface area contributed by atoms with Crippen LogP contribution in [0.15, 0.2) is 60.7 Å². The predicted octanol–water partition coefficient (Wildman–Crippen LogP) is 3.44. The van der Waals surface area contributed by atoms with E-state index in [9.17, 15) is 18.4 Å². The van der Waals surface area contributed by atoms with Crippen LogP contribution in [-0.4, -0.2) is 49.7 Å². The first-order valence-electron chi connectivity index (χ1n) is 9.38. The van der Waals surface area contributed by atoms with E-state index < -0.39 is 18.7 Å². The highest BCUT2D eigenvalue weighted by atomic mass is 19.3. The number of alkyl halides is 2. The van der Waals surface area contributed by atoms with Crippen molar-refractivity contribution in [1.82, 2.24) is 4.90 Å². The van der Waals surface area contributed by atoms with Crippen molar-refractivity contribution in [3.8, 4) is 5.75 Å². The minimum atomic E-state index is -2.90. The van der Waals surface area contributed by atoms with E-state index in [4.69, 9.17) is 9.47 Å². The maximum absolute atomic E-state index is 12.9. The molecule has 0 saturated carbocycles.